The fraction of sp³-hybridized carbons (Fsp3) is 0.778. The average Bonchev–Trinajstić information content (AvgIpc) is 2.93. The van der Waals surface area contributed by atoms with E-state index in [0.717, 1.165) is 55.9 Å². The molecular formula is C18H27N5O. The van der Waals surface area contributed by atoms with Crippen LogP contribution in [0.2, 0.25) is 0 Å². The highest BCUT2D eigenvalue weighted by Crippen LogP contribution is 2.49. The molecule has 2 aliphatic heterocycles. The van der Waals surface area contributed by atoms with Crippen molar-refractivity contribution < 1.29 is 4.79 Å². The van der Waals surface area contributed by atoms with Gasteiger partial charge in [0.2, 0.25) is 5.91 Å². The smallest absolute Gasteiger partial charge is 0.223 e. The van der Waals surface area contributed by atoms with Crippen LogP contribution in [-0.4, -0.2) is 46.8 Å². The topological polar surface area (TPSA) is 62.2 Å². The van der Waals surface area contributed by atoms with Gasteiger partial charge in [-0.15, -0.1) is 0 Å². The first-order valence-electron chi connectivity index (χ1n) is 9.54. The van der Waals surface area contributed by atoms with Gasteiger partial charge in [0, 0.05) is 25.6 Å². The quantitative estimate of drug-likeness (QED) is 0.830. The van der Waals surface area contributed by atoms with Crippen LogP contribution in [0.1, 0.15) is 30.7 Å². The van der Waals surface area contributed by atoms with Gasteiger partial charge in [0.1, 0.15) is 0 Å². The summed E-state index contributed by atoms with van der Waals surface area (Å²) in [4.78, 5) is 14.6. The molecule has 2 N–H and O–H groups in total. The molecule has 1 aromatic rings. The zero-order valence-corrected chi connectivity index (χ0v) is 14.2. The molecule has 6 nitrogen and oxygen atoms in total. The van der Waals surface area contributed by atoms with Gasteiger partial charge in [-0.05, 0) is 49.8 Å². The van der Waals surface area contributed by atoms with E-state index in [2.05, 4.69) is 31.4 Å². The summed E-state index contributed by atoms with van der Waals surface area (Å²) in [5, 5.41) is 11.2. The Balaban J connectivity index is 1.15. The molecule has 3 heterocycles. The maximum absolute atomic E-state index is 12.0. The molecule has 6 heteroatoms. The molecule has 3 fully saturated rings. The average molecular weight is 329 g/mol. The number of piperidine rings is 1. The van der Waals surface area contributed by atoms with Crippen LogP contribution in [0.5, 0.6) is 0 Å². The van der Waals surface area contributed by atoms with Gasteiger partial charge in [-0.1, -0.05) is 6.42 Å². The van der Waals surface area contributed by atoms with Crippen LogP contribution >= 0.6 is 0 Å². The van der Waals surface area contributed by atoms with E-state index in [0.29, 0.717) is 6.54 Å². The number of nitrogens with zero attached hydrogens (tertiary/aromatic N) is 3. The second-order valence-corrected chi connectivity index (χ2v) is 8.08. The molecule has 2 saturated carbocycles. The Morgan fingerprint density at radius 1 is 1.29 bits per heavy atom. The van der Waals surface area contributed by atoms with Crippen LogP contribution < -0.4 is 10.6 Å². The molecular weight excluding hydrogens is 302 g/mol. The van der Waals surface area contributed by atoms with E-state index in [1.54, 1.807) is 0 Å². The van der Waals surface area contributed by atoms with Crippen LogP contribution in [0.3, 0.4) is 0 Å². The summed E-state index contributed by atoms with van der Waals surface area (Å²) in [6.07, 6.45) is 3.31. The summed E-state index contributed by atoms with van der Waals surface area (Å²) in [5.74, 6) is 3.26. The lowest BCUT2D eigenvalue weighted by Gasteiger charge is -2.28. The van der Waals surface area contributed by atoms with Gasteiger partial charge in [0.05, 0.1) is 24.5 Å². The molecule has 0 radical (unpaired) electrons. The number of nitrogens with one attached hydrogen (secondary N) is 2. The monoisotopic (exact) mass is 329 g/mol. The summed E-state index contributed by atoms with van der Waals surface area (Å²) < 4.78 is 2.14. The number of fused-ring (bicyclic) bond motifs is 2. The highest BCUT2D eigenvalue weighted by atomic mass is 16.1. The highest BCUT2D eigenvalue weighted by Gasteiger charge is 2.52. The fourth-order valence-corrected chi connectivity index (χ4v) is 4.73. The first-order chi connectivity index (χ1) is 11.8. The molecule has 24 heavy (non-hydrogen) atoms. The van der Waals surface area contributed by atoms with E-state index in [1.165, 1.54) is 31.7 Å². The summed E-state index contributed by atoms with van der Waals surface area (Å²) >= 11 is 0. The Kier molecular flexibility index (Phi) is 3.63. The van der Waals surface area contributed by atoms with E-state index in [9.17, 15) is 4.79 Å². The number of carbonyl (C=O) groups excluding carboxylic acids is 1. The number of amides is 1. The molecule has 0 bridgehead atoms. The maximum atomic E-state index is 12.0. The maximum Gasteiger partial charge on any atom is 0.223 e. The van der Waals surface area contributed by atoms with Crippen molar-refractivity contribution in [1.82, 2.24) is 25.3 Å². The molecule has 1 unspecified atom stereocenters. The largest absolute Gasteiger partial charge is 0.350 e. The molecule has 4 aliphatic rings. The Hall–Kier alpha value is -1.40. The highest BCUT2D eigenvalue weighted by molar-refractivity contribution is 5.79. The number of hydrogen-bond donors (Lipinski definition) is 2. The third-order valence-corrected chi connectivity index (χ3v) is 6.59. The van der Waals surface area contributed by atoms with E-state index in [1.807, 2.05) is 0 Å². The molecule has 1 saturated heterocycles. The first kappa shape index (κ1) is 14.9. The van der Waals surface area contributed by atoms with Crippen molar-refractivity contribution in [3.8, 4) is 0 Å². The lowest BCUT2D eigenvalue weighted by Crippen LogP contribution is -2.36. The summed E-state index contributed by atoms with van der Waals surface area (Å²) in [6.45, 7) is 7.37. The summed E-state index contributed by atoms with van der Waals surface area (Å²) in [6, 6.07) is 2.18. The number of carbonyl (C=O) groups is 1. The minimum absolute atomic E-state index is 0.211. The van der Waals surface area contributed by atoms with Gasteiger partial charge in [-0.25, -0.2) is 0 Å². The van der Waals surface area contributed by atoms with Gasteiger partial charge < -0.3 is 10.6 Å². The standard InChI is InChI=1S/C18H27N5O/c24-18(12-2-1-3-12)20-7-13-6-14-10-22(4-5-23(14)21-13)11-17-15-8-19-9-16(15)17/h6,12,15-17,19H,1-5,7-11H2,(H,20,24)/t15-,16+,17?. The predicted molar refractivity (Wildman–Crippen MR) is 90.0 cm³/mol. The van der Waals surface area contributed by atoms with Crippen molar-refractivity contribution in [2.75, 3.05) is 26.2 Å². The lowest BCUT2D eigenvalue weighted by atomic mass is 9.85. The van der Waals surface area contributed by atoms with Gasteiger partial charge in [0.15, 0.2) is 0 Å². The predicted octanol–water partition coefficient (Wildman–Crippen LogP) is 0.580. The minimum Gasteiger partial charge on any atom is -0.350 e. The minimum atomic E-state index is 0.211. The number of aromatic nitrogens is 2. The third kappa shape index (κ3) is 2.65. The van der Waals surface area contributed by atoms with E-state index in [-0.39, 0.29) is 11.8 Å². The molecule has 2 aliphatic carbocycles. The lowest BCUT2D eigenvalue weighted by molar-refractivity contribution is -0.127. The van der Waals surface area contributed by atoms with Crippen molar-refractivity contribution in [2.24, 2.45) is 23.7 Å². The van der Waals surface area contributed by atoms with Crippen molar-refractivity contribution >= 4 is 5.91 Å². The Bertz CT molecular complexity index is 627. The van der Waals surface area contributed by atoms with Crippen molar-refractivity contribution in [3.63, 3.8) is 0 Å². The Labute approximate surface area is 143 Å². The van der Waals surface area contributed by atoms with Crippen molar-refractivity contribution in [1.29, 1.82) is 0 Å². The fourth-order valence-electron chi connectivity index (χ4n) is 4.73. The van der Waals surface area contributed by atoms with Crippen LogP contribution in [-0.2, 0) is 24.4 Å². The SMILES string of the molecule is O=C(NCc1cc2n(n1)CCN(CC1[C@H]3CNC[C@@H]13)C2)C1CCC1. The third-order valence-electron chi connectivity index (χ3n) is 6.59. The first-order valence-corrected chi connectivity index (χ1v) is 9.54. The summed E-state index contributed by atoms with van der Waals surface area (Å²) in [5.41, 5.74) is 2.31. The van der Waals surface area contributed by atoms with Crippen LogP contribution in [0.15, 0.2) is 6.07 Å². The molecule has 1 aromatic heterocycles. The van der Waals surface area contributed by atoms with Gasteiger partial charge in [0.25, 0.3) is 0 Å². The molecule has 1 amide bonds. The van der Waals surface area contributed by atoms with Crippen LogP contribution in [0.4, 0.5) is 0 Å². The van der Waals surface area contributed by atoms with E-state index in [4.69, 9.17) is 0 Å². The zero-order chi connectivity index (χ0) is 16.1. The molecule has 3 atom stereocenters. The van der Waals surface area contributed by atoms with Gasteiger partial charge >= 0.3 is 0 Å². The van der Waals surface area contributed by atoms with Crippen LogP contribution in [0.25, 0.3) is 0 Å². The van der Waals surface area contributed by atoms with Crippen molar-refractivity contribution in [3.05, 3.63) is 17.5 Å². The van der Waals surface area contributed by atoms with Gasteiger partial charge in [-0.2, -0.15) is 5.10 Å². The van der Waals surface area contributed by atoms with Gasteiger partial charge in [-0.3, -0.25) is 14.4 Å². The van der Waals surface area contributed by atoms with Crippen LogP contribution in [0, 0.1) is 23.7 Å². The number of rotatable bonds is 5. The Morgan fingerprint density at radius 2 is 2.12 bits per heavy atom. The number of hydrogen-bond acceptors (Lipinski definition) is 4. The Morgan fingerprint density at radius 3 is 2.88 bits per heavy atom. The van der Waals surface area contributed by atoms with E-state index >= 15 is 0 Å². The zero-order valence-electron chi connectivity index (χ0n) is 14.2. The molecule has 0 aromatic carbocycles. The molecule has 5 rings (SSSR count). The van der Waals surface area contributed by atoms with Crippen molar-refractivity contribution in [2.45, 2.75) is 38.9 Å². The summed E-state index contributed by atoms with van der Waals surface area (Å²) in [7, 11) is 0. The normalized spacial score (nSPS) is 32.1. The molecule has 130 valence electrons. The second-order valence-electron chi connectivity index (χ2n) is 8.08. The second kappa shape index (κ2) is 5.85. The van der Waals surface area contributed by atoms with E-state index < -0.39 is 0 Å². The molecule has 0 spiro atoms.